The van der Waals surface area contributed by atoms with E-state index in [4.69, 9.17) is 23.9 Å². The van der Waals surface area contributed by atoms with Gasteiger partial charge in [-0.05, 0) is 86.2 Å². The Morgan fingerprint density at radius 3 is 2.50 bits per heavy atom. The Balaban J connectivity index is 1.08. The number of hydrogen-bond acceptors (Lipinski definition) is 11. The molecule has 4 amide bonds. The number of aromatic nitrogens is 1. The highest BCUT2D eigenvalue weighted by Gasteiger charge is 2.62. The molecule has 0 spiro atoms. The molecule has 3 fully saturated rings. The maximum Gasteiger partial charge on any atom is 0.408 e. The summed E-state index contributed by atoms with van der Waals surface area (Å²) in [6.07, 6.45) is 5.00. The van der Waals surface area contributed by atoms with E-state index in [-0.39, 0.29) is 43.4 Å². The summed E-state index contributed by atoms with van der Waals surface area (Å²) < 4.78 is 54.0. The molecule has 66 heavy (non-hydrogen) atoms. The predicted octanol–water partition coefficient (Wildman–Crippen LogP) is 6.63. The van der Waals surface area contributed by atoms with Crippen LogP contribution in [0.25, 0.3) is 22.2 Å². The van der Waals surface area contributed by atoms with Gasteiger partial charge in [0, 0.05) is 46.3 Å². The second kappa shape index (κ2) is 18.8. The van der Waals surface area contributed by atoms with Gasteiger partial charge in [0.15, 0.2) is 0 Å². The summed E-state index contributed by atoms with van der Waals surface area (Å²) >= 11 is 3.31. The lowest BCUT2D eigenvalue weighted by atomic mass is 10.0. The third-order valence-electron chi connectivity index (χ3n) is 12.5. The van der Waals surface area contributed by atoms with Gasteiger partial charge in [0.1, 0.15) is 53.7 Å². The molecule has 0 radical (unpaired) electrons. The molecule has 2 bridgehead atoms. The van der Waals surface area contributed by atoms with E-state index in [1.165, 1.54) is 17.0 Å². The largest absolute Gasteiger partial charge is 0.497 e. The van der Waals surface area contributed by atoms with Crippen LogP contribution in [-0.4, -0.2) is 92.2 Å². The summed E-state index contributed by atoms with van der Waals surface area (Å²) in [5.41, 5.74) is 1.04. The Bertz CT molecular complexity index is 2800. The molecule has 9 rings (SSSR count). The van der Waals surface area contributed by atoms with Gasteiger partial charge in [-0.1, -0.05) is 70.5 Å². The van der Waals surface area contributed by atoms with Gasteiger partial charge in [-0.3, -0.25) is 14.4 Å². The Kier molecular flexibility index (Phi) is 12.7. The van der Waals surface area contributed by atoms with E-state index < -0.39 is 63.5 Å². The summed E-state index contributed by atoms with van der Waals surface area (Å²) in [7, 11) is -2.80. The van der Waals surface area contributed by atoms with Crippen molar-refractivity contribution in [3.05, 3.63) is 125 Å². The molecule has 2 saturated carbocycles. The number of nitrogens with zero attached hydrogens (tertiary/aromatic N) is 2. The van der Waals surface area contributed by atoms with Gasteiger partial charge in [-0.2, -0.15) is 0 Å². The maximum atomic E-state index is 15.1. The lowest BCUT2D eigenvalue weighted by molar-refractivity contribution is -0.141. The molecule has 2 aliphatic carbocycles. The van der Waals surface area contributed by atoms with Gasteiger partial charge in [-0.15, -0.1) is 0 Å². The highest BCUT2D eigenvalue weighted by molar-refractivity contribution is 9.10. The van der Waals surface area contributed by atoms with E-state index in [2.05, 4.69) is 31.3 Å². The number of sulfonamides is 1. The number of methoxy groups -OCH3 is 1. The van der Waals surface area contributed by atoms with Crippen molar-refractivity contribution in [1.82, 2.24) is 25.2 Å². The van der Waals surface area contributed by atoms with E-state index in [0.717, 1.165) is 31.2 Å². The summed E-state index contributed by atoms with van der Waals surface area (Å²) in [6.45, 7) is 0.00598. The zero-order valence-corrected chi connectivity index (χ0v) is 38.4. The number of hydrogen-bond donors (Lipinski definition) is 3. The Morgan fingerprint density at radius 2 is 1.73 bits per heavy atom. The number of carbonyl (C=O) groups excluding carboxylic acids is 4. The van der Waals surface area contributed by atoms with Crippen LogP contribution in [0.4, 0.5) is 4.79 Å². The van der Waals surface area contributed by atoms with Crippen LogP contribution >= 0.6 is 15.9 Å². The number of nitrogens with one attached hydrogen (secondary N) is 3. The van der Waals surface area contributed by atoms with Crippen LogP contribution in [0.15, 0.2) is 125 Å². The number of halogens is 1. The van der Waals surface area contributed by atoms with Crippen molar-refractivity contribution in [3.8, 4) is 28.5 Å². The smallest absolute Gasteiger partial charge is 0.408 e. The number of rotatable bonds is 9. The average Bonchev–Trinajstić information content (AvgIpc) is 3.56. The lowest BCUT2D eigenvalue weighted by Gasteiger charge is -2.30. The number of amides is 4. The molecular formula is C49H48BrN5O10S. The number of ether oxygens (including phenoxy) is 4. The van der Waals surface area contributed by atoms with E-state index in [9.17, 15) is 22.8 Å². The van der Waals surface area contributed by atoms with Crippen molar-refractivity contribution in [3.63, 3.8) is 0 Å². The van der Waals surface area contributed by atoms with E-state index in [1.54, 1.807) is 61.7 Å². The normalized spacial score (nSPS) is 23.7. The van der Waals surface area contributed by atoms with Gasteiger partial charge in [0.25, 0.3) is 15.9 Å². The SMILES string of the molecule is COc1ccc2c(O[C@@H]3C[C@H]4C(=O)N[C@@]5(C(=O)NS(=O)(=O)c6ccc(Br)cc6)CC5/C=C\COc5cccc(c5)C[C@@H](NC(=O)OC5CCCC5)C(=O)N4C3)cc(-c3ccccc3)nc2c1. The number of carbonyl (C=O) groups is 4. The number of alkyl carbamates (subject to hydrolysis) is 1. The number of pyridine rings is 1. The molecule has 5 aromatic rings. The second-order valence-electron chi connectivity index (χ2n) is 17.0. The van der Waals surface area contributed by atoms with E-state index in [1.807, 2.05) is 48.5 Å². The molecule has 17 heteroatoms. The van der Waals surface area contributed by atoms with Crippen molar-refractivity contribution in [2.75, 3.05) is 20.3 Å². The topological polar surface area (TPSA) is 192 Å². The van der Waals surface area contributed by atoms with Crippen LogP contribution in [0.5, 0.6) is 17.2 Å². The molecule has 3 heterocycles. The third kappa shape index (κ3) is 9.72. The van der Waals surface area contributed by atoms with Gasteiger partial charge >= 0.3 is 6.09 Å². The van der Waals surface area contributed by atoms with Gasteiger partial charge < -0.3 is 34.5 Å². The molecule has 2 aliphatic heterocycles. The van der Waals surface area contributed by atoms with Crippen molar-refractivity contribution >= 4 is 60.7 Å². The molecule has 1 saturated heterocycles. The Labute approximate surface area is 390 Å². The van der Waals surface area contributed by atoms with E-state index >= 15 is 4.79 Å². The summed E-state index contributed by atoms with van der Waals surface area (Å²) in [5.74, 6) is -1.30. The standard InChI is InChI=1S/C49H48BrN5O10S/c1-62-35-18-21-39-41(25-35)51-40(31-10-3-2-4-11-31)27-44(39)64-37-26-43-45(56)53-49(47(58)54-66(60,61)38-19-16-33(50)17-20-38)28-32(49)12-8-22-63-36-15-7-9-30(23-36)24-42(46(57)55(43)29-37)52-48(59)65-34-13-5-6-14-34/h2-4,7-12,15-21,23,25,27,32,34,37,42-43H,5-6,13-14,22,24,26,28-29H2,1H3,(H,52,59)(H,53,56)(H,54,58)/b12-8-/t32?,37-,42-,43+,49+/m1/s1. The fourth-order valence-corrected chi connectivity index (χ4v) is 10.3. The quantitative estimate of drug-likeness (QED) is 0.134. The van der Waals surface area contributed by atoms with Gasteiger partial charge in [0.05, 0.1) is 29.8 Å². The van der Waals surface area contributed by atoms with Gasteiger partial charge in [-0.25, -0.2) is 22.9 Å². The van der Waals surface area contributed by atoms with Gasteiger partial charge in [0.2, 0.25) is 11.8 Å². The first kappa shape index (κ1) is 44.7. The Hall–Kier alpha value is -6.46. The van der Waals surface area contributed by atoms with Crippen molar-refractivity contribution in [2.45, 2.75) is 79.7 Å². The first-order chi connectivity index (χ1) is 31.9. The highest BCUT2D eigenvalue weighted by atomic mass is 79.9. The minimum absolute atomic E-state index is 0.0177. The maximum absolute atomic E-state index is 15.1. The molecular weight excluding hydrogens is 931 g/mol. The van der Waals surface area contributed by atoms with Crippen LogP contribution in [0.3, 0.4) is 0 Å². The number of fused-ring (bicyclic) bond motifs is 5. The molecule has 5 atom stereocenters. The first-order valence-electron chi connectivity index (χ1n) is 21.9. The average molecular weight is 979 g/mol. The molecule has 3 N–H and O–H groups in total. The predicted molar refractivity (Wildman–Crippen MR) is 247 cm³/mol. The van der Waals surface area contributed by atoms with Crippen LogP contribution in [-0.2, 0) is 35.6 Å². The van der Waals surface area contributed by atoms with Crippen molar-refractivity contribution in [2.24, 2.45) is 5.92 Å². The second-order valence-corrected chi connectivity index (χ2v) is 19.6. The summed E-state index contributed by atoms with van der Waals surface area (Å²) in [5, 5.41) is 6.37. The van der Waals surface area contributed by atoms with Crippen LogP contribution in [0.1, 0.15) is 44.1 Å². The Morgan fingerprint density at radius 1 is 0.939 bits per heavy atom. The zero-order valence-electron chi connectivity index (χ0n) is 36.0. The summed E-state index contributed by atoms with van der Waals surface area (Å²) in [6, 6.07) is 27.3. The monoisotopic (exact) mass is 977 g/mol. The first-order valence-corrected chi connectivity index (χ1v) is 24.2. The van der Waals surface area contributed by atoms with Crippen LogP contribution in [0, 0.1) is 5.92 Å². The van der Waals surface area contributed by atoms with Crippen molar-refractivity contribution < 1.29 is 46.5 Å². The fourth-order valence-electron chi connectivity index (χ4n) is 8.98. The third-order valence-corrected chi connectivity index (χ3v) is 14.4. The van der Waals surface area contributed by atoms with E-state index in [0.29, 0.717) is 43.9 Å². The minimum atomic E-state index is -4.37. The lowest BCUT2D eigenvalue weighted by Crippen LogP contribution is -2.58. The molecule has 4 aromatic carbocycles. The molecule has 4 aliphatic rings. The molecule has 342 valence electrons. The van der Waals surface area contributed by atoms with Crippen molar-refractivity contribution in [1.29, 1.82) is 0 Å². The zero-order chi connectivity index (χ0) is 46.0. The molecule has 15 nitrogen and oxygen atoms in total. The summed E-state index contributed by atoms with van der Waals surface area (Å²) in [4.78, 5) is 63.9. The van der Waals surface area contributed by atoms with Crippen LogP contribution < -0.4 is 29.6 Å². The highest BCUT2D eigenvalue weighted by Crippen LogP contribution is 2.46. The minimum Gasteiger partial charge on any atom is -0.497 e. The van der Waals surface area contributed by atoms with Crippen LogP contribution in [0.2, 0.25) is 0 Å². The molecule has 1 aromatic heterocycles. The molecule has 1 unspecified atom stereocenters. The number of benzene rings is 4. The fraction of sp³-hybridized carbons (Fsp3) is 0.327.